The molecule has 0 radical (unpaired) electrons. The molecular weight excluding hydrogens is 624 g/mol. The minimum Gasteiger partial charge on any atom is -0.394 e. The van der Waals surface area contributed by atoms with Crippen LogP contribution in [0.2, 0.25) is 0 Å². The molecule has 21 nitrogen and oxygen atoms in total. The standard InChI is InChI=1S/C24H42O21/c25-1-5-9(27)13(31)17(35)22(42-5)40-4-8-11(29)14(32)18(36)24(44-8)45-20-6(2-26)43-23(19(37)15(20)33)39-3-7-10(28)12(30)16(34)21(38)41-7/h5-38H,1-4H2/t5-,6-,7-,8-,9+,10-,11+,12+,13+,14+,15-,16-,17-,18-,19-,20-,21?,22?,23?,24?/m1/s1. The van der Waals surface area contributed by atoms with E-state index >= 15 is 0 Å². The number of hydrogen-bond donors (Lipinski definition) is 14. The van der Waals surface area contributed by atoms with Gasteiger partial charge in [0.15, 0.2) is 25.2 Å². The minimum absolute atomic E-state index is 0.634. The van der Waals surface area contributed by atoms with Gasteiger partial charge in [0.25, 0.3) is 0 Å². The first-order valence-corrected chi connectivity index (χ1v) is 14.1. The van der Waals surface area contributed by atoms with Gasteiger partial charge in [-0.2, -0.15) is 0 Å². The molecular formula is C24H42O21. The van der Waals surface area contributed by atoms with Crippen molar-refractivity contribution in [2.45, 2.75) is 123 Å². The average molecular weight is 667 g/mol. The van der Waals surface area contributed by atoms with Gasteiger partial charge >= 0.3 is 0 Å². The minimum atomic E-state index is -1.96. The molecule has 0 amide bonds. The van der Waals surface area contributed by atoms with Crippen molar-refractivity contribution in [1.82, 2.24) is 0 Å². The summed E-state index contributed by atoms with van der Waals surface area (Å²) in [6.45, 7) is -2.91. The third-order valence-electron chi connectivity index (χ3n) is 8.17. The molecule has 14 N–H and O–H groups in total. The summed E-state index contributed by atoms with van der Waals surface area (Å²) in [5.41, 5.74) is 0. The highest BCUT2D eigenvalue weighted by molar-refractivity contribution is 4.95. The number of hydrogen-bond acceptors (Lipinski definition) is 21. The molecule has 0 aromatic carbocycles. The van der Waals surface area contributed by atoms with Crippen LogP contribution in [0.5, 0.6) is 0 Å². The molecule has 45 heavy (non-hydrogen) atoms. The van der Waals surface area contributed by atoms with Gasteiger partial charge in [0.2, 0.25) is 0 Å². The van der Waals surface area contributed by atoms with Crippen LogP contribution in [0, 0.1) is 0 Å². The Labute approximate surface area is 254 Å². The van der Waals surface area contributed by atoms with E-state index in [2.05, 4.69) is 0 Å². The zero-order chi connectivity index (χ0) is 33.3. The zero-order valence-corrected chi connectivity index (χ0v) is 23.5. The van der Waals surface area contributed by atoms with E-state index in [1.54, 1.807) is 0 Å². The number of ether oxygens (including phenoxy) is 7. The Bertz CT molecular complexity index is 914. The molecule has 4 rings (SSSR count). The molecule has 264 valence electrons. The summed E-state index contributed by atoms with van der Waals surface area (Å²) < 4.78 is 37.4. The van der Waals surface area contributed by atoms with E-state index in [1.165, 1.54) is 0 Å². The maximum atomic E-state index is 10.8. The predicted octanol–water partition coefficient (Wildman–Crippen LogP) is -9.75. The molecule has 4 saturated heterocycles. The Morgan fingerprint density at radius 2 is 0.778 bits per heavy atom. The smallest absolute Gasteiger partial charge is 0.187 e. The predicted molar refractivity (Wildman–Crippen MR) is 134 cm³/mol. The Balaban J connectivity index is 1.37. The van der Waals surface area contributed by atoms with Crippen molar-refractivity contribution in [2.75, 3.05) is 26.4 Å². The van der Waals surface area contributed by atoms with Crippen LogP contribution in [0.15, 0.2) is 0 Å². The largest absolute Gasteiger partial charge is 0.394 e. The summed E-state index contributed by atoms with van der Waals surface area (Å²) in [6.07, 6.45) is -34.5. The Morgan fingerprint density at radius 1 is 0.378 bits per heavy atom. The summed E-state index contributed by atoms with van der Waals surface area (Å²) in [6, 6.07) is 0. The van der Waals surface area contributed by atoms with Crippen molar-refractivity contribution >= 4 is 0 Å². The van der Waals surface area contributed by atoms with Crippen LogP contribution in [0.1, 0.15) is 0 Å². The maximum Gasteiger partial charge on any atom is 0.187 e. The lowest BCUT2D eigenvalue weighted by Gasteiger charge is -2.46. The molecule has 0 aromatic heterocycles. The first-order valence-electron chi connectivity index (χ1n) is 14.1. The molecule has 4 aliphatic rings. The van der Waals surface area contributed by atoms with Gasteiger partial charge in [-0.25, -0.2) is 0 Å². The Kier molecular flexibility index (Phi) is 12.8. The zero-order valence-electron chi connectivity index (χ0n) is 23.5. The molecule has 20 atom stereocenters. The topological polar surface area (TPSA) is 348 Å². The van der Waals surface area contributed by atoms with Gasteiger partial charge < -0.3 is 105 Å². The van der Waals surface area contributed by atoms with E-state index in [0.717, 1.165) is 0 Å². The maximum absolute atomic E-state index is 10.8. The second kappa shape index (κ2) is 15.6. The Hall–Kier alpha value is -0.840. The highest BCUT2D eigenvalue weighted by atomic mass is 16.8. The molecule has 0 bridgehead atoms. The lowest BCUT2D eigenvalue weighted by molar-refractivity contribution is -0.368. The SMILES string of the molecule is OC[C@H]1OC(OC[C@H]2OC(O[C@H]3[C@H](O)[C@@H](O)C(OC[C@H]4OC(O)[C@H](O)[C@@H](O)[C@@H]4O)O[C@@H]3CO)[C@H](O)[C@@H](O)[C@H]2O)[C@H](O)[C@@H](O)[C@H]1O. The fourth-order valence-electron chi connectivity index (χ4n) is 5.33. The van der Waals surface area contributed by atoms with Crippen molar-refractivity contribution in [3.8, 4) is 0 Å². The van der Waals surface area contributed by atoms with E-state index in [1.807, 2.05) is 0 Å². The number of aliphatic hydroxyl groups excluding tert-OH is 14. The van der Waals surface area contributed by atoms with Crippen LogP contribution >= 0.6 is 0 Å². The summed E-state index contributed by atoms with van der Waals surface area (Å²) in [4.78, 5) is 0. The first-order chi connectivity index (χ1) is 21.2. The summed E-state index contributed by atoms with van der Waals surface area (Å²) in [5.74, 6) is 0. The Morgan fingerprint density at radius 3 is 1.31 bits per heavy atom. The molecule has 4 fully saturated rings. The van der Waals surface area contributed by atoms with Crippen molar-refractivity contribution < 1.29 is 105 Å². The van der Waals surface area contributed by atoms with E-state index in [0.29, 0.717) is 0 Å². The lowest BCUT2D eigenvalue weighted by Crippen LogP contribution is -2.65. The second-order valence-electron chi connectivity index (χ2n) is 11.2. The monoisotopic (exact) mass is 666 g/mol. The molecule has 0 aromatic rings. The number of aliphatic hydroxyl groups is 14. The third-order valence-corrected chi connectivity index (χ3v) is 8.17. The normalized spacial score (nSPS) is 52.9. The van der Waals surface area contributed by atoms with Crippen molar-refractivity contribution in [3.05, 3.63) is 0 Å². The summed E-state index contributed by atoms with van der Waals surface area (Å²) in [5, 5.41) is 141. The number of rotatable bonds is 10. The van der Waals surface area contributed by atoms with Crippen LogP contribution in [0.4, 0.5) is 0 Å². The third kappa shape index (κ3) is 7.75. The van der Waals surface area contributed by atoms with Crippen LogP contribution in [0.25, 0.3) is 0 Å². The van der Waals surface area contributed by atoms with Crippen molar-refractivity contribution in [2.24, 2.45) is 0 Å². The van der Waals surface area contributed by atoms with E-state index < -0.39 is 149 Å². The lowest BCUT2D eigenvalue weighted by atomic mass is 9.96. The van der Waals surface area contributed by atoms with Gasteiger partial charge in [-0.1, -0.05) is 0 Å². The molecule has 0 spiro atoms. The highest BCUT2D eigenvalue weighted by Gasteiger charge is 2.52. The van der Waals surface area contributed by atoms with Gasteiger partial charge in [-0.3, -0.25) is 0 Å². The van der Waals surface area contributed by atoms with Crippen LogP contribution in [-0.4, -0.2) is 221 Å². The van der Waals surface area contributed by atoms with Crippen LogP contribution in [0.3, 0.4) is 0 Å². The average Bonchev–Trinajstić information content (AvgIpc) is 3.03. The van der Waals surface area contributed by atoms with Gasteiger partial charge in [-0.15, -0.1) is 0 Å². The van der Waals surface area contributed by atoms with Gasteiger partial charge in [0, 0.05) is 0 Å². The molecule has 0 saturated carbocycles. The van der Waals surface area contributed by atoms with Crippen molar-refractivity contribution in [3.63, 3.8) is 0 Å². The molecule has 4 aliphatic heterocycles. The highest BCUT2D eigenvalue weighted by Crippen LogP contribution is 2.31. The van der Waals surface area contributed by atoms with Crippen LogP contribution in [-0.2, 0) is 33.2 Å². The summed E-state index contributed by atoms with van der Waals surface area (Å²) >= 11 is 0. The van der Waals surface area contributed by atoms with Gasteiger partial charge in [-0.05, 0) is 0 Å². The fourth-order valence-corrected chi connectivity index (χ4v) is 5.33. The first kappa shape index (κ1) is 37.0. The second-order valence-corrected chi connectivity index (χ2v) is 11.2. The fraction of sp³-hybridized carbons (Fsp3) is 1.00. The molecule has 4 heterocycles. The van der Waals surface area contributed by atoms with Crippen molar-refractivity contribution in [1.29, 1.82) is 0 Å². The van der Waals surface area contributed by atoms with E-state index in [9.17, 15) is 71.5 Å². The summed E-state index contributed by atoms with van der Waals surface area (Å²) in [7, 11) is 0. The van der Waals surface area contributed by atoms with Gasteiger partial charge in [0.05, 0.1) is 26.4 Å². The molecule has 21 heteroatoms. The van der Waals surface area contributed by atoms with Crippen LogP contribution < -0.4 is 0 Å². The molecule has 0 aliphatic carbocycles. The van der Waals surface area contributed by atoms with E-state index in [4.69, 9.17) is 33.2 Å². The van der Waals surface area contributed by atoms with Gasteiger partial charge in [0.1, 0.15) is 97.7 Å². The van der Waals surface area contributed by atoms with E-state index in [-0.39, 0.29) is 0 Å². The quantitative estimate of drug-likeness (QED) is 0.103. The molecule has 4 unspecified atom stereocenters.